The van der Waals surface area contributed by atoms with E-state index in [4.69, 9.17) is 10.9 Å². The van der Waals surface area contributed by atoms with Crippen LogP contribution in [0.4, 0.5) is 5.82 Å². The summed E-state index contributed by atoms with van der Waals surface area (Å²) in [5.74, 6) is -0.115. The molecule has 0 saturated heterocycles. The maximum Gasteiger partial charge on any atom is 0.263 e. The minimum Gasteiger partial charge on any atom is -0.409 e. The van der Waals surface area contributed by atoms with Crippen LogP contribution in [0.3, 0.4) is 0 Å². The molecule has 0 amide bonds. The van der Waals surface area contributed by atoms with E-state index in [1.165, 1.54) is 23.0 Å². The zero-order valence-electron chi connectivity index (χ0n) is 11.5. The van der Waals surface area contributed by atoms with Crippen LogP contribution >= 0.6 is 0 Å². The van der Waals surface area contributed by atoms with Gasteiger partial charge < -0.3 is 10.9 Å². The average Bonchev–Trinajstić information content (AvgIpc) is 2.79. The Hall–Kier alpha value is -2.55. The standard InChI is InChI=1S/C12H15N5O3S/c1-8-3-5-9(6-4-8)21(19,20)16-12-10(11(13)15-18)7-14-17(12)2/h3-7,16,18H,1-2H3,(H2,13,15). The van der Waals surface area contributed by atoms with Crippen molar-refractivity contribution in [2.75, 3.05) is 4.72 Å². The lowest BCUT2D eigenvalue weighted by atomic mass is 10.2. The number of oxime groups is 1. The highest BCUT2D eigenvalue weighted by atomic mass is 32.2. The summed E-state index contributed by atoms with van der Waals surface area (Å²) < 4.78 is 28.3. The SMILES string of the molecule is Cc1ccc(S(=O)(=O)Nc2c(C(N)=NO)cnn2C)cc1. The fraction of sp³-hybridized carbons (Fsp3) is 0.167. The van der Waals surface area contributed by atoms with Crippen LogP contribution in [0, 0.1) is 6.92 Å². The van der Waals surface area contributed by atoms with Gasteiger partial charge in [0, 0.05) is 7.05 Å². The van der Waals surface area contributed by atoms with Crippen molar-refractivity contribution in [2.24, 2.45) is 17.9 Å². The molecule has 8 nitrogen and oxygen atoms in total. The number of nitrogens with one attached hydrogen (secondary N) is 1. The molecule has 0 aliphatic carbocycles. The highest BCUT2D eigenvalue weighted by Crippen LogP contribution is 2.19. The maximum atomic E-state index is 12.3. The monoisotopic (exact) mass is 309 g/mol. The van der Waals surface area contributed by atoms with E-state index >= 15 is 0 Å². The van der Waals surface area contributed by atoms with Crippen molar-refractivity contribution in [1.29, 1.82) is 0 Å². The van der Waals surface area contributed by atoms with Crippen molar-refractivity contribution >= 4 is 21.7 Å². The number of nitrogens with two attached hydrogens (primary N) is 1. The number of hydrogen-bond acceptors (Lipinski definition) is 5. The molecule has 0 bridgehead atoms. The Morgan fingerprint density at radius 3 is 2.57 bits per heavy atom. The van der Waals surface area contributed by atoms with Crippen LogP contribution < -0.4 is 10.5 Å². The first-order valence-electron chi connectivity index (χ1n) is 5.94. The molecule has 2 rings (SSSR count). The first-order valence-corrected chi connectivity index (χ1v) is 7.43. The summed E-state index contributed by atoms with van der Waals surface area (Å²) in [6, 6.07) is 6.39. The van der Waals surface area contributed by atoms with Gasteiger partial charge in [0.1, 0.15) is 5.82 Å². The van der Waals surface area contributed by atoms with E-state index in [2.05, 4.69) is 15.0 Å². The fourth-order valence-corrected chi connectivity index (χ4v) is 2.81. The molecule has 4 N–H and O–H groups in total. The third-order valence-corrected chi connectivity index (χ3v) is 4.24. The van der Waals surface area contributed by atoms with Crippen LogP contribution in [0.2, 0.25) is 0 Å². The predicted molar refractivity (Wildman–Crippen MR) is 77.7 cm³/mol. The van der Waals surface area contributed by atoms with Crippen LogP contribution in [0.1, 0.15) is 11.1 Å². The van der Waals surface area contributed by atoms with Crippen molar-refractivity contribution in [1.82, 2.24) is 9.78 Å². The Kier molecular flexibility index (Phi) is 3.85. The number of amidine groups is 1. The first-order chi connectivity index (χ1) is 9.85. The lowest BCUT2D eigenvalue weighted by Gasteiger charge is -2.10. The highest BCUT2D eigenvalue weighted by molar-refractivity contribution is 7.92. The third kappa shape index (κ3) is 2.97. The predicted octanol–water partition coefficient (Wildman–Crippen LogP) is 0.624. The maximum absolute atomic E-state index is 12.3. The van der Waals surface area contributed by atoms with Gasteiger partial charge in [0.05, 0.1) is 16.7 Å². The minimum atomic E-state index is -3.79. The summed E-state index contributed by atoms with van der Waals surface area (Å²) in [6.45, 7) is 1.86. The van der Waals surface area contributed by atoms with E-state index in [0.29, 0.717) is 0 Å². The van der Waals surface area contributed by atoms with E-state index in [0.717, 1.165) is 5.56 Å². The summed E-state index contributed by atoms with van der Waals surface area (Å²) >= 11 is 0. The molecular formula is C12H15N5O3S. The molecule has 112 valence electrons. The molecule has 1 aromatic heterocycles. The van der Waals surface area contributed by atoms with E-state index in [-0.39, 0.29) is 22.1 Å². The normalized spacial score (nSPS) is 12.4. The Bertz CT molecular complexity index is 778. The second-order valence-electron chi connectivity index (χ2n) is 4.43. The van der Waals surface area contributed by atoms with Crippen LogP contribution in [0.25, 0.3) is 0 Å². The molecule has 1 aromatic carbocycles. The molecule has 2 aromatic rings. The first kappa shape index (κ1) is 14.9. The van der Waals surface area contributed by atoms with Gasteiger partial charge in [0.25, 0.3) is 10.0 Å². The van der Waals surface area contributed by atoms with Gasteiger partial charge in [0.15, 0.2) is 5.84 Å². The summed E-state index contributed by atoms with van der Waals surface area (Å²) in [7, 11) is -2.25. The number of nitrogens with zero attached hydrogens (tertiary/aromatic N) is 3. The molecule has 21 heavy (non-hydrogen) atoms. The van der Waals surface area contributed by atoms with E-state index in [9.17, 15) is 8.42 Å². The molecule has 0 fully saturated rings. The van der Waals surface area contributed by atoms with Crippen LogP contribution in [-0.2, 0) is 17.1 Å². The number of benzene rings is 1. The van der Waals surface area contributed by atoms with Gasteiger partial charge in [-0.3, -0.25) is 9.40 Å². The number of hydrogen-bond donors (Lipinski definition) is 3. The largest absolute Gasteiger partial charge is 0.409 e. The van der Waals surface area contributed by atoms with E-state index in [1.807, 2.05) is 6.92 Å². The Labute approximate surface area is 121 Å². The molecule has 9 heteroatoms. The lowest BCUT2D eigenvalue weighted by Crippen LogP contribution is -2.20. The van der Waals surface area contributed by atoms with Gasteiger partial charge in [-0.1, -0.05) is 22.9 Å². The molecule has 0 saturated carbocycles. The molecule has 0 aliphatic rings. The summed E-state index contributed by atoms with van der Waals surface area (Å²) in [4.78, 5) is 0.111. The zero-order chi connectivity index (χ0) is 15.6. The topological polar surface area (TPSA) is 123 Å². The molecule has 0 atom stereocenters. The lowest BCUT2D eigenvalue weighted by molar-refractivity contribution is 0.318. The molecule has 1 heterocycles. The Morgan fingerprint density at radius 2 is 2.00 bits per heavy atom. The van der Waals surface area contributed by atoms with Crippen LogP contribution in [-0.4, -0.2) is 29.2 Å². The average molecular weight is 309 g/mol. The molecule has 0 aliphatic heterocycles. The van der Waals surface area contributed by atoms with E-state index < -0.39 is 10.0 Å². The smallest absolute Gasteiger partial charge is 0.263 e. The van der Waals surface area contributed by atoms with Crippen molar-refractivity contribution in [3.05, 3.63) is 41.6 Å². The highest BCUT2D eigenvalue weighted by Gasteiger charge is 2.20. The third-order valence-electron chi connectivity index (χ3n) is 2.88. The Morgan fingerprint density at radius 1 is 1.38 bits per heavy atom. The summed E-state index contributed by atoms with van der Waals surface area (Å²) in [5, 5.41) is 15.5. The Balaban J connectivity index is 2.42. The fourth-order valence-electron chi connectivity index (χ4n) is 1.70. The quantitative estimate of drug-likeness (QED) is 0.331. The van der Waals surface area contributed by atoms with Gasteiger partial charge in [-0.15, -0.1) is 0 Å². The number of sulfonamides is 1. The number of anilines is 1. The van der Waals surface area contributed by atoms with Gasteiger partial charge >= 0.3 is 0 Å². The second-order valence-corrected chi connectivity index (χ2v) is 6.12. The summed E-state index contributed by atoms with van der Waals surface area (Å²) in [6.07, 6.45) is 1.31. The van der Waals surface area contributed by atoms with Gasteiger partial charge in [-0.2, -0.15) is 5.10 Å². The van der Waals surface area contributed by atoms with E-state index in [1.54, 1.807) is 19.2 Å². The zero-order valence-corrected chi connectivity index (χ0v) is 12.3. The number of rotatable bonds is 4. The van der Waals surface area contributed by atoms with Crippen molar-refractivity contribution in [3.63, 3.8) is 0 Å². The van der Waals surface area contributed by atoms with Gasteiger partial charge in [-0.25, -0.2) is 8.42 Å². The second kappa shape index (κ2) is 5.44. The minimum absolute atomic E-state index is 0.111. The van der Waals surface area contributed by atoms with Crippen molar-refractivity contribution in [2.45, 2.75) is 11.8 Å². The number of aryl methyl sites for hydroxylation is 2. The van der Waals surface area contributed by atoms with Crippen molar-refractivity contribution < 1.29 is 13.6 Å². The molecule has 0 spiro atoms. The van der Waals surface area contributed by atoms with Crippen LogP contribution in [0.15, 0.2) is 40.5 Å². The van der Waals surface area contributed by atoms with Gasteiger partial charge in [0.2, 0.25) is 0 Å². The molecule has 0 unspecified atom stereocenters. The molecule has 0 radical (unpaired) electrons. The molecular weight excluding hydrogens is 294 g/mol. The number of aromatic nitrogens is 2. The summed E-state index contributed by atoms with van der Waals surface area (Å²) in [5.41, 5.74) is 6.64. The van der Waals surface area contributed by atoms with Crippen LogP contribution in [0.5, 0.6) is 0 Å². The van der Waals surface area contributed by atoms with Gasteiger partial charge in [-0.05, 0) is 19.1 Å². The van der Waals surface area contributed by atoms with Crippen molar-refractivity contribution in [3.8, 4) is 0 Å².